The molecule has 3 aromatic rings. The van der Waals surface area contributed by atoms with Gasteiger partial charge in [0.2, 0.25) is 5.91 Å². The minimum absolute atomic E-state index is 0.0363. The van der Waals surface area contributed by atoms with Gasteiger partial charge < -0.3 is 4.90 Å². The molecule has 7 nitrogen and oxygen atoms in total. The van der Waals surface area contributed by atoms with E-state index in [1.165, 1.54) is 21.7 Å². The zero-order valence-electron chi connectivity index (χ0n) is 22.9. The molecule has 1 aliphatic rings. The third-order valence-electron chi connectivity index (χ3n) is 6.69. The van der Waals surface area contributed by atoms with Crippen LogP contribution in [0.15, 0.2) is 82.6 Å². The van der Waals surface area contributed by atoms with Crippen LogP contribution in [0.1, 0.15) is 44.1 Å². The number of nitriles is 1. The largest absolute Gasteiger partial charge is 0.419 e. The number of pyridine rings is 1. The molecular weight excluding hydrogens is 570 g/mol. The number of thioether (sulfide) groups is 1. The Bertz CT molecular complexity index is 1670. The van der Waals surface area contributed by atoms with Gasteiger partial charge in [-0.2, -0.15) is 30.2 Å². The summed E-state index contributed by atoms with van der Waals surface area (Å²) in [6, 6.07) is 10.7. The molecule has 0 fully saturated rings. The third kappa shape index (κ3) is 6.79. The van der Waals surface area contributed by atoms with Gasteiger partial charge in [-0.05, 0) is 73.2 Å². The van der Waals surface area contributed by atoms with Crippen molar-refractivity contribution in [2.75, 3.05) is 18.1 Å². The third-order valence-corrected chi connectivity index (χ3v) is 7.57. The summed E-state index contributed by atoms with van der Waals surface area (Å²) in [7, 11) is 0. The average Bonchev–Trinajstić information content (AvgIpc) is 3.16. The van der Waals surface area contributed by atoms with E-state index in [9.17, 15) is 32.4 Å². The number of allylic oxidation sites excluding steroid dienone is 5. The van der Waals surface area contributed by atoms with Crippen molar-refractivity contribution in [2.45, 2.75) is 38.9 Å². The molecule has 1 atom stereocenters. The van der Waals surface area contributed by atoms with E-state index < -0.39 is 41.5 Å². The summed E-state index contributed by atoms with van der Waals surface area (Å²) in [4.78, 5) is 37.8. The quantitative estimate of drug-likeness (QED) is 0.211. The first-order chi connectivity index (χ1) is 20.0. The molecule has 0 radical (unpaired) electrons. The van der Waals surface area contributed by atoms with Crippen molar-refractivity contribution in [1.82, 2.24) is 19.4 Å². The van der Waals surface area contributed by atoms with Crippen LogP contribution in [0, 0.1) is 11.3 Å². The molecule has 218 valence electrons. The number of alkyl halides is 3. The molecule has 0 spiro atoms. The molecule has 1 amide bonds. The van der Waals surface area contributed by atoms with E-state index in [1.54, 1.807) is 55.1 Å². The van der Waals surface area contributed by atoms with E-state index in [2.05, 4.69) is 9.97 Å². The Morgan fingerprint density at radius 3 is 2.62 bits per heavy atom. The van der Waals surface area contributed by atoms with Gasteiger partial charge in [0.1, 0.15) is 11.7 Å². The van der Waals surface area contributed by atoms with Crippen LogP contribution in [-0.2, 0) is 4.79 Å². The Morgan fingerprint density at radius 2 is 1.95 bits per heavy atom. The Kier molecular flexibility index (Phi) is 9.63. The number of benzene rings is 1. The van der Waals surface area contributed by atoms with Crippen LogP contribution >= 0.6 is 11.8 Å². The minimum Gasteiger partial charge on any atom is -0.332 e. The maximum Gasteiger partial charge on any atom is 0.419 e. The number of hydrogen-bond acceptors (Lipinski definition) is 6. The summed E-state index contributed by atoms with van der Waals surface area (Å²) in [6.45, 7) is 3.86. The number of aromatic nitrogens is 3. The maximum absolute atomic E-state index is 14.1. The zero-order chi connectivity index (χ0) is 30.4. The summed E-state index contributed by atoms with van der Waals surface area (Å²) in [5.41, 5.74) is -0.846. The van der Waals surface area contributed by atoms with Crippen molar-refractivity contribution in [1.29, 1.82) is 5.26 Å². The Hall–Kier alpha value is -4.24. The molecule has 0 N–H and O–H groups in total. The Morgan fingerprint density at radius 1 is 1.21 bits per heavy atom. The van der Waals surface area contributed by atoms with E-state index in [0.717, 1.165) is 11.8 Å². The molecule has 1 unspecified atom stereocenters. The molecule has 0 saturated heterocycles. The molecule has 4 rings (SSSR count). The second-order valence-corrected chi connectivity index (χ2v) is 10.8. The fourth-order valence-electron chi connectivity index (χ4n) is 4.59. The highest BCUT2D eigenvalue weighted by atomic mass is 32.2. The topological polar surface area (TPSA) is 91.9 Å². The van der Waals surface area contributed by atoms with Crippen molar-refractivity contribution in [3.05, 3.63) is 99.5 Å². The fourth-order valence-corrected chi connectivity index (χ4v) is 5.20. The predicted molar refractivity (Wildman–Crippen MR) is 154 cm³/mol. The smallest absolute Gasteiger partial charge is 0.332 e. The summed E-state index contributed by atoms with van der Waals surface area (Å²) >= 11 is 1.57. The highest BCUT2D eigenvalue weighted by Gasteiger charge is 2.37. The first-order valence-corrected chi connectivity index (χ1v) is 14.3. The number of fused-ring (bicyclic) bond motifs is 1. The molecule has 0 aliphatic heterocycles. The monoisotopic (exact) mass is 597 g/mol. The van der Waals surface area contributed by atoms with E-state index in [1.807, 2.05) is 13.0 Å². The number of amides is 1. The number of nitrogens with zero attached hydrogens (tertiary/aromatic N) is 5. The van der Waals surface area contributed by atoms with Gasteiger partial charge >= 0.3 is 6.18 Å². The van der Waals surface area contributed by atoms with Crippen LogP contribution in [0.3, 0.4) is 0 Å². The van der Waals surface area contributed by atoms with Crippen molar-refractivity contribution in [3.8, 4) is 11.8 Å². The summed E-state index contributed by atoms with van der Waals surface area (Å²) in [5.74, 6) is -0.395. The van der Waals surface area contributed by atoms with Gasteiger partial charge in [0.25, 0.3) is 5.56 Å². The van der Waals surface area contributed by atoms with E-state index >= 15 is 0 Å². The molecule has 0 saturated carbocycles. The fraction of sp³-hybridized carbons (Fsp3) is 0.300. The molecule has 12 heteroatoms. The predicted octanol–water partition coefficient (Wildman–Crippen LogP) is 6.36. The van der Waals surface area contributed by atoms with Gasteiger partial charge in [-0.3, -0.25) is 14.2 Å². The van der Waals surface area contributed by atoms with Crippen molar-refractivity contribution >= 4 is 28.7 Å². The normalized spacial score (nSPS) is 14.4. The SMILES string of the molecule is CCSCCN(C(=O)CC1=CCC=C(F)C(C(F)(F)F)=C1)C(C)c1nc2ncccc2c(=O)n1-c1ccc(C#N)cc1. The lowest BCUT2D eigenvalue weighted by atomic mass is 10.1. The lowest BCUT2D eigenvalue weighted by Gasteiger charge is -2.31. The van der Waals surface area contributed by atoms with Gasteiger partial charge in [0.15, 0.2) is 5.65 Å². The highest BCUT2D eigenvalue weighted by Crippen LogP contribution is 2.35. The van der Waals surface area contributed by atoms with Crippen LogP contribution in [0.25, 0.3) is 16.7 Å². The number of rotatable bonds is 9. The number of hydrogen-bond donors (Lipinski definition) is 0. The Labute approximate surface area is 243 Å². The maximum atomic E-state index is 14.1. The van der Waals surface area contributed by atoms with Gasteiger partial charge in [-0.1, -0.05) is 13.0 Å². The van der Waals surface area contributed by atoms with Crippen molar-refractivity contribution in [2.24, 2.45) is 0 Å². The highest BCUT2D eigenvalue weighted by molar-refractivity contribution is 7.99. The molecule has 2 heterocycles. The van der Waals surface area contributed by atoms with E-state index in [4.69, 9.17) is 0 Å². The van der Waals surface area contributed by atoms with E-state index in [0.29, 0.717) is 23.1 Å². The molecule has 0 bridgehead atoms. The molecular formula is C30H27F4N5O2S. The number of halogens is 4. The van der Waals surface area contributed by atoms with E-state index in [-0.39, 0.29) is 35.4 Å². The van der Waals surface area contributed by atoms with Gasteiger partial charge in [0.05, 0.1) is 40.7 Å². The molecule has 42 heavy (non-hydrogen) atoms. The molecule has 2 aromatic heterocycles. The first kappa shape index (κ1) is 30.7. The van der Waals surface area contributed by atoms with Crippen LogP contribution in [0.5, 0.6) is 0 Å². The first-order valence-electron chi connectivity index (χ1n) is 13.1. The van der Waals surface area contributed by atoms with Crippen molar-refractivity contribution in [3.63, 3.8) is 0 Å². The van der Waals surface area contributed by atoms with Gasteiger partial charge in [-0.15, -0.1) is 0 Å². The molecule has 1 aliphatic carbocycles. The minimum atomic E-state index is -4.92. The summed E-state index contributed by atoms with van der Waals surface area (Å²) in [5, 5.41) is 9.47. The lowest BCUT2D eigenvalue weighted by molar-refractivity contribution is -0.132. The lowest BCUT2D eigenvalue weighted by Crippen LogP contribution is -2.39. The number of carbonyl (C=O) groups excluding carboxylic acids is 1. The van der Waals surface area contributed by atoms with Crippen LogP contribution in [-0.4, -0.2) is 49.6 Å². The van der Waals surface area contributed by atoms with Crippen LogP contribution in [0.2, 0.25) is 0 Å². The summed E-state index contributed by atoms with van der Waals surface area (Å²) < 4.78 is 55.9. The number of carbonyl (C=O) groups is 1. The Balaban J connectivity index is 1.79. The second kappa shape index (κ2) is 13.2. The summed E-state index contributed by atoms with van der Waals surface area (Å²) in [6.07, 6.45) is -1.03. The van der Waals surface area contributed by atoms with Gasteiger partial charge in [-0.25, -0.2) is 14.4 Å². The van der Waals surface area contributed by atoms with Crippen LogP contribution < -0.4 is 5.56 Å². The zero-order valence-corrected chi connectivity index (χ0v) is 23.7. The van der Waals surface area contributed by atoms with Crippen LogP contribution in [0.4, 0.5) is 17.6 Å². The second-order valence-electron chi connectivity index (χ2n) is 9.40. The average molecular weight is 598 g/mol. The standard InChI is InChI=1S/C30H27F4N5O2S/c1-3-42-15-14-38(26(40)17-21-6-4-8-25(31)24(16-21)30(32,33)34)19(2)28-37-27-23(7-5-13-36-27)29(41)39(28)22-11-9-20(18-35)10-12-22/h5-13,16,19H,3-4,14-15,17H2,1-2H3. The van der Waals surface area contributed by atoms with Gasteiger partial charge in [0, 0.05) is 18.5 Å². The van der Waals surface area contributed by atoms with Crippen molar-refractivity contribution < 1.29 is 22.4 Å². The molecule has 1 aromatic carbocycles.